The first-order valence-corrected chi connectivity index (χ1v) is 17.3. The molecule has 4 N–H and O–H groups in total. The van der Waals surface area contributed by atoms with E-state index >= 15 is 0 Å². The third kappa shape index (κ3) is 12.5. The molecular formula is C38H54N4O6. The largest absolute Gasteiger partial charge is 0.361 e. The second-order valence-electron chi connectivity index (χ2n) is 13.9. The van der Waals surface area contributed by atoms with E-state index < -0.39 is 47.5 Å². The maximum absolute atomic E-state index is 14.0. The molecule has 10 nitrogen and oxygen atoms in total. The van der Waals surface area contributed by atoms with Crippen LogP contribution in [0, 0.1) is 11.8 Å². The Morgan fingerprint density at radius 3 is 1.69 bits per heavy atom. The lowest BCUT2D eigenvalue weighted by Gasteiger charge is -2.28. The number of aryl methyl sites for hydroxylation is 1. The second-order valence-corrected chi connectivity index (χ2v) is 13.9. The van der Waals surface area contributed by atoms with Gasteiger partial charge in [-0.05, 0) is 62.0 Å². The van der Waals surface area contributed by atoms with Gasteiger partial charge in [0.15, 0.2) is 5.78 Å². The molecule has 10 heteroatoms. The molecule has 2 aromatic rings. The minimum Gasteiger partial charge on any atom is -0.361 e. The summed E-state index contributed by atoms with van der Waals surface area (Å²) < 4.78 is 5.39. The molecule has 0 bridgehead atoms. The Hall–Kier alpha value is -4.05. The van der Waals surface area contributed by atoms with Crippen LogP contribution in [-0.4, -0.2) is 65.8 Å². The van der Waals surface area contributed by atoms with E-state index in [2.05, 4.69) is 21.3 Å². The number of hydrogen-bond acceptors (Lipinski definition) is 6. The van der Waals surface area contributed by atoms with E-state index in [-0.39, 0.29) is 36.4 Å². The van der Waals surface area contributed by atoms with Crippen molar-refractivity contribution in [1.29, 1.82) is 0 Å². The number of ether oxygens (including phenoxy) is 1. The van der Waals surface area contributed by atoms with Crippen LogP contribution in [0.3, 0.4) is 0 Å². The van der Waals surface area contributed by atoms with Crippen molar-refractivity contribution in [3.05, 3.63) is 71.8 Å². The monoisotopic (exact) mass is 662 g/mol. The number of nitrogens with one attached hydrogen (secondary N) is 4. The smallest absolute Gasteiger partial charge is 0.243 e. The van der Waals surface area contributed by atoms with Crippen LogP contribution in [0.2, 0.25) is 0 Å². The molecule has 0 aromatic heterocycles. The van der Waals surface area contributed by atoms with Crippen molar-refractivity contribution >= 4 is 29.4 Å². The van der Waals surface area contributed by atoms with Gasteiger partial charge >= 0.3 is 0 Å². The SMILES string of the molecule is CCC(=O)N[C@@H](CCc1ccccc1)C(=O)N[C@@H](CCC(C)C)C(=O)N[C@@H](Cc1ccccc1)C(=O)N[C@@H](CC(C)C)C(=O)[C@@]1(C)CO1. The molecule has 4 amide bonds. The van der Waals surface area contributed by atoms with Gasteiger partial charge in [-0.2, -0.15) is 0 Å². The first kappa shape index (κ1) is 38.4. The number of epoxide rings is 1. The zero-order chi connectivity index (χ0) is 35.3. The van der Waals surface area contributed by atoms with Crippen LogP contribution in [-0.2, 0) is 41.6 Å². The molecule has 0 aliphatic carbocycles. The number of carbonyl (C=O) groups is 5. The Labute approximate surface area is 285 Å². The summed E-state index contributed by atoms with van der Waals surface area (Å²) in [4.78, 5) is 67.2. The Bertz CT molecular complexity index is 1360. The summed E-state index contributed by atoms with van der Waals surface area (Å²) in [5, 5.41) is 11.5. The molecule has 2 aromatic carbocycles. The Morgan fingerprint density at radius 1 is 0.667 bits per heavy atom. The number of benzene rings is 2. The molecule has 1 fully saturated rings. The molecule has 1 aliphatic rings. The van der Waals surface area contributed by atoms with E-state index in [1.165, 1.54) is 0 Å². The second kappa shape index (κ2) is 18.5. The molecule has 48 heavy (non-hydrogen) atoms. The highest BCUT2D eigenvalue weighted by Gasteiger charge is 2.50. The van der Waals surface area contributed by atoms with Gasteiger partial charge in [0.25, 0.3) is 0 Å². The van der Waals surface area contributed by atoms with E-state index in [9.17, 15) is 24.0 Å². The van der Waals surface area contributed by atoms with Crippen molar-refractivity contribution in [2.45, 2.75) is 116 Å². The fraction of sp³-hybridized carbons (Fsp3) is 0.553. The summed E-state index contributed by atoms with van der Waals surface area (Å²) in [6, 6.07) is 15.4. The van der Waals surface area contributed by atoms with Crippen molar-refractivity contribution in [1.82, 2.24) is 21.3 Å². The zero-order valence-corrected chi connectivity index (χ0v) is 29.3. The van der Waals surface area contributed by atoms with Crippen LogP contribution in [0.15, 0.2) is 60.7 Å². The summed E-state index contributed by atoms with van der Waals surface area (Å²) in [6.07, 6.45) is 2.73. The van der Waals surface area contributed by atoms with E-state index in [0.29, 0.717) is 38.7 Å². The van der Waals surface area contributed by atoms with Crippen molar-refractivity contribution < 1.29 is 28.7 Å². The van der Waals surface area contributed by atoms with E-state index in [0.717, 1.165) is 11.1 Å². The third-order valence-electron chi connectivity index (χ3n) is 8.56. The van der Waals surface area contributed by atoms with Crippen molar-refractivity contribution in [2.75, 3.05) is 6.61 Å². The molecule has 1 heterocycles. The lowest BCUT2D eigenvalue weighted by Crippen LogP contribution is -2.58. The Kier molecular flexibility index (Phi) is 14.8. The molecule has 0 unspecified atom stereocenters. The number of ketones is 1. The van der Waals surface area contributed by atoms with Crippen molar-refractivity contribution in [3.8, 4) is 0 Å². The molecule has 0 radical (unpaired) electrons. The van der Waals surface area contributed by atoms with Gasteiger partial charge in [-0.3, -0.25) is 24.0 Å². The van der Waals surface area contributed by atoms with Crippen LogP contribution >= 0.6 is 0 Å². The molecule has 262 valence electrons. The standard InChI is InChI=1S/C38H54N4O6/c1-7-33(43)39-29(21-19-27-14-10-8-11-15-27)35(45)40-30(20-18-25(2)3)36(46)42-32(23-28-16-12-9-13-17-28)37(47)41-31(22-26(4)5)34(44)38(6)24-48-38/h8-17,25-26,29-32H,7,18-24H2,1-6H3,(H,39,43)(H,40,45)(H,41,47)(H,42,46)/t29-,30-,31-,32-,38+/m0/s1. The number of amides is 4. The van der Waals surface area contributed by atoms with Gasteiger partial charge in [0.1, 0.15) is 23.7 Å². The average Bonchev–Trinajstić information content (AvgIpc) is 3.82. The summed E-state index contributed by atoms with van der Waals surface area (Å²) in [5.74, 6) is -1.52. The van der Waals surface area contributed by atoms with Crippen molar-refractivity contribution in [3.63, 3.8) is 0 Å². The molecule has 1 aliphatic heterocycles. The van der Waals surface area contributed by atoms with Crippen LogP contribution < -0.4 is 21.3 Å². The predicted molar refractivity (Wildman–Crippen MR) is 186 cm³/mol. The first-order chi connectivity index (χ1) is 22.8. The maximum Gasteiger partial charge on any atom is 0.243 e. The maximum atomic E-state index is 14.0. The van der Waals surface area contributed by atoms with Gasteiger partial charge in [-0.15, -0.1) is 0 Å². The van der Waals surface area contributed by atoms with Crippen LogP contribution in [0.5, 0.6) is 0 Å². The molecule has 1 saturated heterocycles. The van der Waals surface area contributed by atoms with Crippen LogP contribution in [0.25, 0.3) is 0 Å². The molecule has 3 rings (SSSR count). The van der Waals surface area contributed by atoms with Crippen LogP contribution in [0.4, 0.5) is 0 Å². The van der Waals surface area contributed by atoms with E-state index in [4.69, 9.17) is 4.74 Å². The van der Waals surface area contributed by atoms with E-state index in [1.54, 1.807) is 13.8 Å². The number of hydrogen-bond donors (Lipinski definition) is 4. The lowest BCUT2D eigenvalue weighted by molar-refractivity contribution is -0.135. The minimum absolute atomic E-state index is 0.127. The molecular weight excluding hydrogens is 608 g/mol. The molecule has 0 spiro atoms. The first-order valence-electron chi connectivity index (χ1n) is 17.3. The Morgan fingerprint density at radius 2 is 1.17 bits per heavy atom. The number of carbonyl (C=O) groups excluding carboxylic acids is 5. The van der Waals surface area contributed by atoms with Crippen LogP contribution in [0.1, 0.15) is 84.8 Å². The summed E-state index contributed by atoms with van der Waals surface area (Å²) in [7, 11) is 0. The van der Waals surface area contributed by atoms with Gasteiger partial charge in [0.2, 0.25) is 23.6 Å². The fourth-order valence-electron chi connectivity index (χ4n) is 5.49. The predicted octanol–water partition coefficient (Wildman–Crippen LogP) is 4.05. The minimum atomic E-state index is -1.01. The number of rotatable bonds is 20. The summed E-state index contributed by atoms with van der Waals surface area (Å²) in [6.45, 7) is 11.8. The average molecular weight is 663 g/mol. The third-order valence-corrected chi connectivity index (χ3v) is 8.56. The highest BCUT2D eigenvalue weighted by Crippen LogP contribution is 2.29. The lowest BCUT2D eigenvalue weighted by atomic mass is 9.93. The molecule has 0 saturated carbocycles. The highest BCUT2D eigenvalue weighted by molar-refractivity contribution is 5.98. The normalized spacial score (nSPS) is 17.9. The van der Waals surface area contributed by atoms with Gasteiger partial charge in [-0.1, -0.05) is 95.3 Å². The highest BCUT2D eigenvalue weighted by atomic mass is 16.6. The van der Waals surface area contributed by atoms with Gasteiger partial charge in [-0.25, -0.2) is 0 Å². The fourth-order valence-corrected chi connectivity index (χ4v) is 5.49. The van der Waals surface area contributed by atoms with Gasteiger partial charge in [0.05, 0.1) is 12.6 Å². The summed E-state index contributed by atoms with van der Waals surface area (Å²) >= 11 is 0. The number of Topliss-reactive ketones (excluding diaryl/α,β-unsaturated/α-hetero) is 1. The molecule has 5 atom stereocenters. The van der Waals surface area contributed by atoms with E-state index in [1.807, 2.05) is 88.4 Å². The topological polar surface area (TPSA) is 146 Å². The zero-order valence-electron chi connectivity index (χ0n) is 29.3. The quantitative estimate of drug-likeness (QED) is 0.158. The Balaban J connectivity index is 1.82. The van der Waals surface area contributed by atoms with Crippen molar-refractivity contribution in [2.24, 2.45) is 11.8 Å². The summed E-state index contributed by atoms with van der Waals surface area (Å²) in [5.41, 5.74) is 0.941. The van der Waals surface area contributed by atoms with Gasteiger partial charge in [0, 0.05) is 12.8 Å². The van der Waals surface area contributed by atoms with Gasteiger partial charge < -0.3 is 26.0 Å².